The number of aromatic nitrogens is 7. The number of aliphatic carboxylic acids is 2. The molecular formula is C107H95BrF10LiN15O14. The number of anilines is 5. The number of carbonyl (C=O) groups excluding carboxylic acids is 5. The predicted octanol–water partition coefficient (Wildman–Crippen LogP) is 18.9. The number of rotatable bonds is 19. The van der Waals surface area contributed by atoms with Gasteiger partial charge >= 0.3 is 55.1 Å². The molecule has 0 aliphatic carbocycles. The number of ketones is 1. The zero-order valence-electron chi connectivity index (χ0n) is 79.4. The van der Waals surface area contributed by atoms with E-state index in [0.29, 0.717) is 42.3 Å². The molecule has 16 aromatic rings. The monoisotopic (exact) mass is 2090 g/mol. The van der Waals surface area contributed by atoms with E-state index in [1.165, 1.54) is 95.0 Å². The molecule has 2 amide bonds. The van der Waals surface area contributed by atoms with E-state index in [9.17, 15) is 77.5 Å². The van der Waals surface area contributed by atoms with Crippen LogP contribution in [0.15, 0.2) is 276 Å². The summed E-state index contributed by atoms with van der Waals surface area (Å²) in [4.78, 5) is 111. The van der Waals surface area contributed by atoms with Gasteiger partial charge in [-0.1, -0.05) is 83.2 Å². The van der Waals surface area contributed by atoms with E-state index in [2.05, 4.69) is 62.1 Å². The Bertz CT molecular complexity index is 7500. The largest absolute Gasteiger partial charge is 1.00 e. The van der Waals surface area contributed by atoms with Gasteiger partial charge in [0.2, 0.25) is 0 Å². The number of nitrogens with zero attached hydrogens (tertiary/aromatic N) is 9. The smallest absolute Gasteiger partial charge is 0.870 e. The topological polar surface area (TPSA) is 488 Å². The zero-order valence-corrected chi connectivity index (χ0v) is 81.0. The van der Waals surface area contributed by atoms with Crippen molar-refractivity contribution in [2.75, 3.05) is 68.1 Å². The zero-order chi connectivity index (χ0) is 105. The van der Waals surface area contributed by atoms with Gasteiger partial charge in [0, 0.05) is 186 Å². The number of ether oxygens (including phenoxy) is 2. The average Bonchev–Trinajstić information content (AvgIpc) is 1.61. The van der Waals surface area contributed by atoms with E-state index in [0.717, 1.165) is 111 Å². The standard InChI is InChI=1S/C34H27F5N4O3.C21H18F5N3O2.C14H14N2O2.2C12H10N2O2.C9H7BrN2.C5H8O2.Li.H2O/c35-33(36)9-11-43(12-10-33)32(45)22-4-8-29(41-18-22)23-14-24-15-27(46-31(24)28(16-23)34(37,38)39)7-6-26(44)5-2-20-1-3-21-17-30(40)42-19-25(21)13-20;22-20(23)3-5-29(6-4-20)19(30)12-1-2-17(28-11-12)13-7-14-8-15(10-27)31-18(14)16(9-13)21(24,25)26;1-2-18-14(17)6-4-10-3-5-11-8-13(15)16-9-12(11)7-10;2*13-11-6-9-3-1-8(2-4-12(15)16)5-10(9)7-14-11;10-8-2-1-6-4-9(11)12-5-7(6)3-8;1-3-5(6)7-4-2;;/h1-5,8,13-19H,6-7,9-12H2,(H2,40,42);1-2,7-9,11H,3-6,10,27H2;3-9H,2H2,1H3,(H2,15,16);2*1-7H,(H2,13,14)(H,15,16);1-5H,(H2,11,12);3H,1,4H2,2H3;;1H2/q;;;;;;;+1;/p-1/b5-2+;;6-4+;2*4-2+;;;;. The molecule has 2 fully saturated rings. The summed E-state index contributed by atoms with van der Waals surface area (Å²) in [6.07, 6.45) is 12.6. The van der Waals surface area contributed by atoms with Gasteiger partial charge in [-0.3, -0.25) is 24.4 Å². The predicted molar refractivity (Wildman–Crippen MR) is 546 cm³/mol. The Morgan fingerprint density at radius 3 is 1.07 bits per heavy atom. The number of esters is 2. The Kier molecular flexibility index (Phi) is 39.3. The van der Waals surface area contributed by atoms with Gasteiger partial charge < -0.3 is 78.2 Å². The first kappa shape index (κ1) is 113. The number of hydrogen-bond donors (Lipinski definition) is 8. The second-order valence-electron chi connectivity index (χ2n) is 32.8. The van der Waals surface area contributed by atoms with Gasteiger partial charge in [0.15, 0.2) is 5.78 Å². The minimum absolute atomic E-state index is 0. The number of carboxylic acids is 2. The van der Waals surface area contributed by atoms with Crippen molar-refractivity contribution in [3.63, 3.8) is 0 Å². The Morgan fingerprint density at radius 1 is 0.419 bits per heavy atom. The SMILES string of the molecule is C=CC(=O)OCC.CCOC(=O)/C=C/c1ccc2cc(N)ncc2c1.NCc1cc2cc(-c3ccc(C(=O)N4CCC(F)(F)CC4)cn3)cc(C(F)(F)F)c2o1.Nc1cc2ccc(/C=C/C(=O)CCc3cc4cc(-c5ccc(C(=O)N6CCC(F)(F)CC6)cn5)cc(C(F)(F)F)c4o3)cc2cn1.Nc1cc2ccc(/C=C/C(=O)O)cc2cn1.Nc1cc2ccc(/C=C/C(=O)O)cc2cn1.Nc1cc2ccc(Br)cc2cn1.[Li+].[OH-]. The fraction of sp³-hybridized carbons (Fsp3) is 0.178. The van der Waals surface area contributed by atoms with Crippen molar-refractivity contribution in [1.82, 2.24) is 44.7 Å². The number of fused-ring (bicyclic) bond motifs is 7. The normalized spacial score (nSPS) is 13.1. The Morgan fingerprint density at radius 2 is 0.750 bits per heavy atom. The van der Waals surface area contributed by atoms with Crippen LogP contribution < -0.4 is 53.3 Å². The van der Waals surface area contributed by atoms with Crippen LogP contribution in [0.25, 0.3) is 123 Å². The van der Waals surface area contributed by atoms with Crippen molar-refractivity contribution < 1.29 is 130 Å². The molecule has 15 N–H and O–H groups in total. The Labute approximate surface area is 858 Å². The number of nitrogens with two attached hydrogens (primary N) is 6. The molecule has 2 aliphatic rings. The maximum atomic E-state index is 14.1. The molecular weight excluding hydrogens is 2000 g/mol. The number of piperidine rings is 2. The number of likely N-dealkylation sites (tertiary alicyclic amines) is 2. The van der Waals surface area contributed by atoms with Gasteiger partial charge in [-0.25, -0.2) is 61.7 Å². The number of alkyl halides is 10. The third-order valence-corrected chi connectivity index (χ3v) is 22.7. The van der Waals surface area contributed by atoms with Crippen molar-refractivity contribution in [2.45, 2.75) is 83.1 Å². The summed E-state index contributed by atoms with van der Waals surface area (Å²) in [7, 11) is 0. The van der Waals surface area contributed by atoms with Crippen LogP contribution in [0.4, 0.5) is 73.0 Å². The molecule has 0 spiro atoms. The summed E-state index contributed by atoms with van der Waals surface area (Å²) in [6, 6.07) is 51.0. The van der Waals surface area contributed by atoms with E-state index in [1.807, 2.05) is 103 Å². The number of nitrogen functional groups attached to an aromatic ring is 5. The van der Waals surface area contributed by atoms with Gasteiger partial charge in [-0.15, -0.1) is 0 Å². The van der Waals surface area contributed by atoms with E-state index in [1.54, 1.807) is 75.2 Å². The summed E-state index contributed by atoms with van der Waals surface area (Å²) >= 11 is 3.39. The maximum Gasteiger partial charge on any atom is 1.00 e. The minimum atomic E-state index is -4.74. The number of furan rings is 2. The number of carboxylic acid groups (broad SMARTS) is 2. The molecule has 148 heavy (non-hydrogen) atoms. The average molecular weight is 2090 g/mol. The van der Waals surface area contributed by atoms with E-state index < -0.39 is 84.8 Å². The number of allylic oxidation sites excluding steroid dienone is 1. The number of carbonyl (C=O) groups is 7. The number of amides is 2. The van der Waals surface area contributed by atoms with Crippen molar-refractivity contribution in [1.29, 1.82) is 0 Å². The van der Waals surface area contributed by atoms with Crippen LogP contribution in [-0.2, 0) is 58.8 Å². The third-order valence-electron chi connectivity index (χ3n) is 22.2. The van der Waals surface area contributed by atoms with Gasteiger partial charge in [0.25, 0.3) is 23.7 Å². The molecule has 7 aromatic carbocycles. The molecule has 0 bridgehead atoms. The summed E-state index contributed by atoms with van der Waals surface area (Å²) < 4.78 is 158. The molecule has 18 rings (SSSR count). The Balaban J connectivity index is 0.000000190. The van der Waals surface area contributed by atoms with Crippen LogP contribution in [-0.4, -0.2) is 153 Å². The second kappa shape index (κ2) is 51.3. The van der Waals surface area contributed by atoms with Gasteiger partial charge in [-0.2, -0.15) is 26.3 Å². The summed E-state index contributed by atoms with van der Waals surface area (Å²) in [5.74, 6) is -6.50. The molecule has 11 heterocycles. The van der Waals surface area contributed by atoms with Crippen LogP contribution in [0.1, 0.15) is 112 Å². The minimum Gasteiger partial charge on any atom is -0.870 e. The fourth-order valence-electron chi connectivity index (χ4n) is 14.8. The van der Waals surface area contributed by atoms with Crippen molar-refractivity contribution in [3.8, 4) is 22.5 Å². The molecule has 0 radical (unpaired) electrons. The summed E-state index contributed by atoms with van der Waals surface area (Å²) in [5, 5.41) is 27.3. The van der Waals surface area contributed by atoms with Crippen LogP contribution in [0.5, 0.6) is 0 Å². The molecule has 0 atom stereocenters. The molecule has 41 heteroatoms. The van der Waals surface area contributed by atoms with Gasteiger partial charge in [0.1, 0.15) is 51.8 Å². The summed E-state index contributed by atoms with van der Waals surface area (Å²) in [5.41, 5.74) is 35.3. The Hall–Kier alpha value is -16.5. The number of halogens is 11. The molecule has 0 saturated carbocycles. The summed E-state index contributed by atoms with van der Waals surface area (Å²) in [6.45, 7) is 7.17. The quantitative estimate of drug-likeness (QED) is 0.0161. The van der Waals surface area contributed by atoms with E-state index in [4.69, 9.17) is 58.2 Å². The van der Waals surface area contributed by atoms with Crippen LogP contribution in [0, 0.1) is 0 Å². The number of pyridine rings is 7. The van der Waals surface area contributed by atoms with E-state index in [-0.39, 0.29) is 155 Å². The van der Waals surface area contributed by atoms with Gasteiger partial charge in [-0.05, 0) is 215 Å². The maximum absolute atomic E-state index is 14.1. The van der Waals surface area contributed by atoms with Crippen LogP contribution in [0.3, 0.4) is 0 Å². The van der Waals surface area contributed by atoms with Crippen molar-refractivity contribution in [2.24, 2.45) is 5.73 Å². The third kappa shape index (κ3) is 32.5. The van der Waals surface area contributed by atoms with Gasteiger partial charge in [0.05, 0.1) is 53.4 Å². The molecule has 760 valence electrons. The first-order valence-electron chi connectivity index (χ1n) is 44.8. The molecule has 0 unspecified atom stereocenters. The van der Waals surface area contributed by atoms with Crippen molar-refractivity contribution in [3.05, 3.63) is 323 Å². The number of hydrogen-bond acceptors (Lipinski definition) is 25. The van der Waals surface area contributed by atoms with E-state index >= 15 is 0 Å². The molecule has 2 saturated heterocycles. The first-order chi connectivity index (χ1) is 69.5. The first-order valence-corrected chi connectivity index (χ1v) is 45.6. The molecule has 2 aliphatic heterocycles. The van der Waals surface area contributed by atoms with Crippen LogP contribution in [0.2, 0.25) is 0 Å². The molecule has 9 aromatic heterocycles. The second-order valence-corrected chi connectivity index (χ2v) is 33.7. The number of aryl methyl sites for hydroxylation is 1. The van der Waals surface area contributed by atoms with Crippen LogP contribution >= 0.6 is 15.9 Å². The fourth-order valence-corrected chi connectivity index (χ4v) is 15.2. The molecule has 29 nitrogen and oxygen atoms in total. The number of benzene rings is 7. The van der Waals surface area contributed by atoms with Crippen molar-refractivity contribution >= 4 is 187 Å².